The second-order valence-corrected chi connectivity index (χ2v) is 9.66. The molecule has 176 valence electrons. The number of alkyl halides is 1. The fraction of sp³-hybridized carbons (Fsp3) is 0.318. The average molecular weight is 487 g/mol. The van der Waals surface area contributed by atoms with E-state index in [1.807, 2.05) is 6.07 Å². The Morgan fingerprint density at radius 3 is 2.68 bits per heavy atom. The van der Waals surface area contributed by atoms with Gasteiger partial charge in [-0.05, 0) is 48.6 Å². The summed E-state index contributed by atoms with van der Waals surface area (Å²) in [5, 5.41) is 9.72. The van der Waals surface area contributed by atoms with E-state index in [9.17, 15) is 27.8 Å². The Labute approximate surface area is 194 Å². The van der Waals surface area contributed by atoms with Crippen molar-refractivity contribution in [2.75, 3.05) is 24.5 Å². The van der Waals surface area contributed by atoms with Gasteiger partial charge in [0.25, 0.3) is 5.56 Å². The Kier molecular flexibility index (Phi) is 5.45. The highest BCUT2D eigenvalue weighted by Gasteiger charge is 2.54. The second-order valence-electron chi connectivity index (χ2n) is 8.45. The van der Waals surface area contributed by atoms with Gasteiger partial charge in [-0.3, -0.25) is 14.1 Å². The minimum absolute atomic E-state index is 0.0236. The van der Waals surface area contributed by atoms with Crippen LogP contribution in [0.3, 0.4) is 0 Å². The first kappa shape index (κ1) is 22.2. The summed E-state index contributed by atoms with van der Waals surface area (Å²) < 4.78 is 50.8. The third-order valence-electron chi connectivity index (χ3n) is 6.12. The number of nitrogens with zero attached hydrogens (tertiary/aromatic N) is 3. The zero-order valence-electron chi connectivity index (χ0n) is 17.8. The summed E-state index contributed by atoms with van der Waals surface area (Å²) in [5.41, 5.74) is -1.03. The van der Waals surface area contributed by atoms with Gasteiger partial charge in [-0.1, -0.05) is 0 Å². The van der Waals surface area contributed by atoms with E-state index >= 15 is 0 Å². The summed E-state index contributed by atoms with van der Waals surface area (Å²) in [7, 11) is 0. The number of ether oxygens (including phenoxy) is 1. The van der Waals surface area contributed by atoms with Gasteiger partial charge in [0.15, 0.2) is 22.7 Å². The van der Waals surface area contributed by atoms with Gasteiger partial charge in [0.1, 0.15) is 24.1 Å². The Bertz CT molecular complexity index is 1480. The van der Waals surface area contributed by atoms with Crippen LogP contribution in [-0.2, 0) is 17.7 Å². The van der Waals surface area contributed by atoms with E-state index in [1.54, 1.807) is 4.31 Å². The van der Waals surface area contributed by atoms with E-state index in [2.05, 4.69) is 9.71 Å². The number of nitrogens with one attached hydrogen (secondary N) is 2. The maximum atomic E-state index is 14.7. The lowest BCUT2D eigenvalue weighted by Gasteiger charge is -2.38. The molecular weight excluding hydrogens is 468 g/mol. The van der Waals surface area contributed by atoms with Crippen molar-refractivity contribution in [2.45, 2.75) is 19.4 Å². The number of hydrogen-bond donors (Lipinski definition) is 2. The molecule has 2 N–H and O–H groups in total. The number of H-pyrrole nitrogens is 1. The van der Waals surface area contributed by atoms with Gasteiger partial charge < -0.3 is 9.72 Å². The third kappa shape index (κ3) is 3.86. The summed E-state index contributed by atoms with van der Waals surface area (Å²) in [6.07, 6.45) is 2.24. The Balaban J connectivity index is 1.46. The molecule has 2 fully saturated rings. The predicted molar refractivity (Wildman–Crippen MR) is 121 cm³/mol. The van der Waals surface area contributed by atoms with Crippen LogP contribution >= 0.6 is 0 Å². The molecule has 12 heteroatoms. The lowest BCUT2D eigenvalue weighted by atomic mass is 10.0. The minimum Gasteiger partial charge on any atom is -0.453 e. The van der Waals surface area contributed by atoms with Crippen LogP contribution in [0.4, 0.5) is 14.5 Å². The van der Waals surface area contributed by atoms with Crippen molar-refractivity contribution in [3.63, 3.8) is 0 Å². The monoisotopic (exact) mass is 487 g/mol. The molecule has 1 aromatic heterocycles. The normalized spacial score (nSPS) is 17.2. The molecule has 5 rings (SSSR count). The summed E-state index contributed by atoms with van der Waals surface area (Å²) in [6.45, 7) is 0.0999. The van der Waals surface area contributed by atoms with Crippen LogP contribution in [0.25, 0.3) is 10.9 Å². The molecule has 1 spiro atoms. The average Bonchev–Trinajstić information content (AvgIpc) is 3.60. The van der Waals surface area contributed by atoms with Crippen LogP contribution < -0.4 is 20.7 Å². The van der Waals surface area contributed by atoms with Crippen LogP contribution in [0.15, 0.2) is 39.9 Å². The molecule has 1 saturated heterocycles. The number of anilines is 1. The molecule has 9 nitrogen and oxygen atoms in total. The molecule has 1 aliphatic carbocycles. The largest absolute Gasteiger partial charge is 0.453 e. The standard InChI is InChI=1S/C22H19F2N5O4S/c23-7-8-29-20(30)14-9-13(1-3-17(14)26-21(29)31)33-19-15(10-25)18(4-2-16(19)24)27-34(32)28-11-22(12-28)5-6-22/h1-4,9,27H,5-8,11-12H2,(H,26,31). The maximum Gasteiger partial charge on any atom is 0.328 e. The van der Waals surface area contributed by atoms with Crippen LogP contribution in [0, 0.1) is 22.6 Å². The lowest BCUT2D eigenvalue weighted by molar-refractivity contribution is 0.188. The fourth-order valence-corrected chi connectivity index (χ4v) is 5.29. The number of hydrogen-bond acceptors (Lipinski definition) is 5. The molecule has 2 aliphatic rings. The number of nitriles is 1. The SMILES string of the molecule is N#Cc1c(NS(=O)N2CC3(CC3)C2)ccc(F)c1Oc1ccc2[nH]c(=O)n(CCF)c(=O)c2c1. The fourth-order valence-electron chi connectivity index (χ4n) is 4.02. The van der Waals surface area contributed by atoms with E-state index in [4.69, 9.17) is 4.74 Å². The van der Waals surface area contributed by atoms with Crippen molar-refractivity contribution < 1.29 is 17.7 Å². The number of aromatic amines is 1. The van der Waals surface area contributed by atoms with Gasteiger partial charge >= 0.3 is 5.69 Å². The minimum atomic E-state index is -1.59. The summed E-state index contributed by atoms with van der Waals surface area (Å²) in [5.74, 6) is -1.21. The van der Waals surface area contributed by atoms with Gasteiger partial charge in [-0.15, -0.1) is 0 Å². The van der Waals surface area contributed by atoms with Gasteiger partial charge in [0.2, 0.25) is 0 Å². The second kappa shape index (κ2) is 8.34. The first-order valence-corrected chi connectivity index (χ1v) is 11.6. The van der Waals surface area contributed by atoms with Crippen LogP contribution in [0.2, 0.25) is 0 Å². The quantitative estimate of drug-likeness (QED) is 0.531. The highest BCUT2D eigenvalue weighted by molar-refractivity contribution is 7.84. The van der Waals surface area contributed by atoms with E-state index in [-0.39, 0.29) is 33.3 Å². The smallest absolute Gasteiger partial charge is 0.328 e. The molecular formula is C22H19F2N5O4S. The van der Waals surface area contributed by atoms with Gasteiger partial charge in [-0.2, -0.15) is 5.26 Å². The highest BCUT2D eigenvalue weighted by Crippen LogP contribution is 2.53. The van der Waals surface area contributed by atoms with E-state index < -0.39 is 47.2 Å². The molecule has 1 atom stereocenters. The van der Waals surface area contributed by atoms with Crippen molar-refractivity contribution in [1.82, 2.24) is 13.9 Å². The van der Waals surface area contributed by atoms with Crippen LogP contribution in [0.5, 0.6) is 11.5 Å². The topological polar surface area (TPSA) is 120 Å². The van der Waals surface area contributed by atoms with Gasteiger partial charge in [-0.25, -0.2) is 22.1 Å². The van der Waals surface area contributed by atoms with Crippen LogP contribution in [-0.4, -0.2) is 37.8 Å². The van der Waals surface area contributed by atoms with Crippen molar-refractivity contribution in [3.8, 4) is 17.6 Å². The molecule has 0 radical (unpaired) electrons. The number of rotatable bonds is 7. The molecule has 1 unspecified atom stereocenters. The summed E-state index contributed by atoms with van der Waals surface area (Å²) in [6, 6.07) is 8.34. The van der Waals surface area contributed by atoms with Crippen molar-refractivity contribution in [2.24, 2.45) is 5.41 Å². The Hall–Kier alpha value is -3.56. The third-order valence-corrected chi connectivity index (χ3v) is 7.24. The van der Waals surface area contributed by atoms with Crippen molar-refractivity contribution in [3.05, 3.63) is 62.6 Å². The zero-order chi connectivity index (χ0) is 24.0. The summed E-state index contributed by atoms with van der Waals surface area (Å²) >= 11 is -1.59. The van der Waals surface area contributed by atoms with Gasteiger partial charge in [0, 0.05) is 13.1 Å². The lowest BCUT2D eigenvalue weighted by Crippen LogP contribution is -2.50. The summed E-state index contributed by atoms with van der Waals surface area (Å²) in [4.78, 5) is 27.1. The number of fused-ring (bicyclic) bond motifs is 1. The molecule has 2 heterocycles. The maximum absolute atomic E-state index is 14.7. The van der Waals surface area contributed by atoms with Crippen LogP contribution in [0.1, 0.15) is 18.4 Å². The molecule has 1 saturated carbocycles. The molecule has 0 amide bonds. The molecule has 0 bridgehead atoms. The predicted octanol–water partition coefficient (Wildman–Crippen LogP) is 2.55. The van der Waals surface area contributed by atoms with E-state index in [0.717, 1.165) is 23.5 Å². The Morgan fingerprint density at radius 1 is 1.24 bits per heavy atom. The van der Waals surface area contributed by atoms with Gasteiger partial charge in [0.05, 0.1) is 23.1 Å². The number of benzene rings is 2. The van der Waals surface area contributed by atoms with E-state index in [0.29, 0.717) is 13.1 Å². The zero-order valence-corrected chi connectivity index (χ0v) is 18.6. The van der Waals surface area contributed by atoms with E-state index in [1.165, 1.54) is 24.3 Å². The molecule has 3 aromatic rings. The van der Waals surface area contributed by atoms with Crippen molar-refractivity contribution in [1.29, 1.82) is 5.26 Å². The number of aromatic nitrogens is 2. The number of halogens is 2. The molecule has 1 aliphatic heterocycles. The Morgan fingerprint density at radius 2 is 2.00 bits per heavy atom. The molecule has 34 heavy (non-hydrogen) atoms. The first-order valence-electron chi connectivity index (χ1n) is 10.5. The van der Waals surface area contributed by atoms with Crippen molar-refractivity contribution >= 4 is 27.8 Å². The highest BCUT2D eigenvalue weighted by atomic mass is 32.2. The molecule has 2 aromatic carbocycles. The first-order chi connectivity index (χ1) is 16.3.